The third-order valence-electron chi connectivity index (χ3n) is 5.14. The van der Waals surface area contributed by atoms with Crippen LogP contribution in [0.15, 0.2) is 77.2 Å². The van der Waals surface area contributed by atoms with Gasteiger partial charge in [-0.1, -0.05) is 48.5 Å². The van der Waals surface area contributed by atoms with Gasteiger partial charge in [0.1, 0.15) is 18.1 Å². The van der Waals surface area contributed by atoms with Gasteiger partial charge in [-0.25, -0.2) is 0 Å². The summed E-state index contributed by atoms with van der Waals surface area (Å²) in [6.07, 6.45) is 0. The first-order chi connectivity index (χ1) is 15.5. The first-order valence-electron chi connectivity index (χ1n) is 10.3. The molecule has 6 nitrogen and oxygen atoms in total. The van der Waals surface area contributed by atoms with Crippen molar-refractivity contribution in [3.63, 3.8) is 0 Å². The molecule has 0 saturated heterocycles. The van der Waals surface area contributed by atoms with Crippen molar-refractivity contribution in [2.45, 2.75) is 20.5 Å². The molecule has 0 aliphatic heterocycles. The van der Waals surface area contributed by atoms with Crippen LogP contribution in [0.3, 0.4) is 0 Å². The van der Waals surface area contributed by atoms with Crippen molar-refractivity contribution in [2.24, 2.45) is 0 Å². The second kappa shape index (κ2) is 9.39. The number of benzene rings is 3. The summed E-state index contributed by atoms with van der Waals surface area (Å²) in [6.45, 7) is 3.88. The smallest absolute Gasteiger partial charge is 0.287 e. The zero-order valence-electron chi connectivity index (χ0n) is 18.0. The first kappa shape index (κ1) is 21.2. The number of hydrogen-bond acceptors (Lipinski definition) is 4. The molecular formula is C26H24N2O4. The van der Waals surface area contributed by atoms with Gasteiger partial charge in [0, 0.05) is 5.69 Å². The summed E-state index contributed by atoms with van der Waals surface area (Å²) in [7, 11) is 0. The number of hydrogen-bond donors (Lipinski definition) is 2. The minimum absolute atomic E-state index is 0.127. The van der Waals surface area contributed by atoms with E-state index in [1.807, 2.05) is 74.5 Å². The van der Waals surface area contributed by atoms with Gasteiger partial charge in [0.25, 0.3) is 5.91 Å². The van der Waals surface area contributed by atoms with Gasteiger partial charge in [0.15, 0.2) is 5.76 Å². The quantitative estimate of drug-likeness (QED) is 0.434. The summed E-state index contributed by atoms with van der Waals surface area (Å²) in [4.78, 5) is 24.6. The maximum atomic E-state index is 12.3. The standard InChI is InChI=1S/C26H24N2O4/c1-17-6-5-7-18(2)25(17)28-24(29)15-27-26(30)23-13-12-22(32-23)16-31-21-11-10-19-8-3-4-9-20(19)14-21/h3-14H,15-16H2,1-2H3,(H,27,30)(H,28,29). The van der Waals surface area contributed by atoms with E-state index in [4.69, 9.17) is 9.15 Å². The van der Waals surface area contributed by atoms with Gasteiger partial charge in [-0.3, -0.25) is 9.59 Å². The van der Waals surface area contributed by atoms with Crippen LogP contribution < -0.4 is 15.4 Å². The van der Waals surface area contributed by atoms with Crippen molar-refractivity contribution in [3.8, 4) is 5.75 Å². The molecule has 6 heteroatoms. The number of amides is 2. The largest absolute Gasteiger partial charge is 0.486 e. The number of para-hydroxylation sites is 1. The summed E-state index contributed by atoms with van der Waals surface area (Å²) >= 11 is 0. The normalized spacial score (nSPS) is 10.7. The Morgan fingerprint density at radius 3 is 2.41 bits per heavy atom. The Morgan fingerprint density at radius 2 is 1.62 bits per heavy atom. The summed E-state index contributed by atoms with van der Waals surface area (Å²) in [5.41, 5.74) is 2.69. The van der Waals surface area contributed by atoms with Gasteiger partial charge < -0.3 is 19.8 Å². The molecule has 0 radical (unpaired) electrons. The molecular weight excluding hydrogens is 404 g/mol. The third-order valence-corrected chi connectivity index (χ3v) is 5.14. The molecule has 0 aliphatic carbocycles. The number of fused-ring (bicyclic) bond motifs is 1. The molecule has 4 rings (SSSR count). The lowest BCUT2D eigenvalue weighted by Crippen LogP contribution is -2.33. The van der Waals surface area contributed by atoms with Crippen molar-refractivity contribution < 1.29 is 18.7 Å². The molecule has 162 valence electrons. The molecule has 2 N–H and O–H groups in total. The Bertz CT molecular complexity index is 1260. The SMILES string of the molecule is Cc1cccc(C)c1NC(=O)CNC(=O)c1ccc(COc2ccc3ccccc3c2)o1. The van der Waals surface area contributed by atoms with Crippen molar-refractivity contribution in [1.82, 2.24) is 5.32 Å². The Balaban J connectivity index is 1.29. The zero-order valence-corrected chi connectivity index (χ0v) is 18.0. The fraction of sp³-hybridized carbons (Fsp3) is 0.154. The lowest BCUT2D eigenvalue weighted by molar-refractivity contribution is -0.115. The van der Waals surface area contributed by atoms with Crippen LogP contribution >= 0.6 is 0 Å². The number of carbonyl (C=O) groups excluding carboxylic acids is 2. The minimum atomic E-state index is -0.460. The predicted octanol–water partition coefficient (Wildman–Crippen LogP) is 5.00. The maximum absolute atomic E-state index is 12.3. The van der Waals surface area contributed by atoms with E-state index in [9.17, 15) is 9.59 Å². The van der Waals surface area contributed by atoms with E-state index in [0.717, 1.165) is 27.6 Å². The second-order valence-corrected chi connectivity index (χ2v) is 7.56. The number of anilines is 1. The molecule has 4 aromatic rings. The fourth-order valence-corrected chi connectivity index (χ4v) is 3.43. The average molecular weight is 428 g/mol. The fourth-order valence-electron chi connectivity index (χ4n) is 3.43. The van der Waals surface area contributed by atoms with E-state index >= 15 is 0 Å². The van der Waals surface area contributed by atoms with Crippen LogP contribution in [-0.4, -0.2) is 18.4 Å². The summed E-state index contributed by atoms with van der Waals surface area (Å²) in [5, 5.41) is 7.64. The lowest BCUT2D eigenvalue weighted by atomic mass is 10.1. The molecule has 0 fully saturated rings. The molecule has 0 atom stereocenters. The Kier molecular flexibility index (Phi) is 6.22. The molecule has 0 aliphatic rings. The number of carbonyl (C=O) groups is 2. The molecule has 1 heterocycles. The lowest BCUT2D eigenvalue weighted by Gasteiger charge is -2.11. The van der Waals surface area contributed by atoms with E-state index < -0.39 is 5.91 Å². The number of rotatable bonds is 7. The number of nitrogens with one attached hydrogen (secondary N) is 2. The van der Waals surface area contributed by atoms with Gasteiger partial charge in [0.05, 0.1) is 6.54 Å². The second-order valence-electron chi connectivity index (χ2n) is 7.56. The van der Waals surface area contributed by atoms with Crippen LogP contribution in [0.1, 0.15) is 27.4 Å². The topological polar surface area (TPSA) is 80.6 Å². The van der Waals surface area contributed by atoms with Crippen molar-refractivity contribution in [1.29, 1.82) is 0 Å². The molecule has 0 spiro atoms. The highest BCUT2D eigenvalue weighted by Gasteiger charge is 2.14. The highest BCUT2D eigenvalue weighted by atomic mass is 16.5. The van der Waals surface area contributed by atoms with E-state index in [2.05, 4.69) is 10.6 Å². The highest BCUT2D eigenvalue weighted by Crippen LogP contribution is 2.22. The van der Waals surface area contributed by atoms with Crippen LogP contribution in [0, 0.1) is 13.8 Å². The molecule has 0 bridgehead atoms. The van der Waals surface area contributed by atoms with E-state index in [1.165, 1.54) is 0 Å². The monoisotopic (exact) mass is 428 g/mol. The Hall–Kier alpha value is -4.06. The minimum Gasteiger partial charge on any atom is -0.486 e. The van der Waals surface area contributed by atoms with Crippen molar-refractivity contribution in [3.05, 3.63) is 95.4 Å². The third kappa shape index (κ3) is 4.98. The predicted molar refractivity (Wildman–Crippen MR) is 124 cm³/mol. The molecule has 32 heavy (non-hydrogen) atoms. The summed E-state index contributed by atoms with van der Waals surface area (Å²) < 4.78 is 11.4. The number of aryl methyl sites for hydroxylation is 2. The van der Waals surface area contributed by atoms with Gasteiger partial charge in [-0.2, -0.15) is 0 Å². The van der Waals surface area contributed by atoms with Crippen LogP contribution in [0.2, 0.25) is 0 Å². The number of ether oxygens (including phenoxy) is 1. The van der Waals surface area contributed by atoms with Gasteiger partial charge in [-0.05, 0) is 60.0 Å². The van der Waals surface area contributed by atoms with E-state index in [1.54, 1.807) is 12.1 Å². The first-order valence-corrected chi connectivity index (χ1v) is 10.3. The Morgan fingerprint density at radius 1 is 0.875 bits per heavy atom. The molecule has 0 unspecified atom stereocenters. The van der Waals surface area contributed by atoms with Gasteiger partial charge in [-0.15, -0.1) is 0 Å². The molecule has 1 aromatic heterocycles. The molecule has 2 amide bonds. The van der Waals surface area contributed by atoms with Crippen molar-refractivity contribution in [2.75, 3.05) is 11.9 Å². The Labute approximate surface area is 186 Å². The molecule has 0 saturated carbocycles. The summed E-state index contributed by atoms with van der Waals surface area (Å²) in [5.74, 6) is 0.598. The molecule has 3 aromatic carbocycles. The maximum Gasteiger partial charge on any atom is 0.287 e. The summed E-state index contributed by atoms with van der Waals surface area (Å²) in [6, 6.07) is 22.9. The van der Waals surface area contributed by atoms with Crippen LogP contribution in [-0.2, 0) is 11.4 Å². The van der Waals surface area contributed by atoms with E-state index in [0.29, 0.717) is 11.5 Å². The van der Waals surface area contributed by atoms with Crippen LogP contribution in [0.25, 0.3) is 10.8 Å². The van der Waals surface area contributed by atoms with Crippen LogP contribution in [0.4, 0.5) is 5.69 Å². The zero-order chi connectivity index (χ0) is 22.5. The van der Waals surface area contributed by atoms with Crippen molar-refractivity contribution >= 4 is 28.3 Å². The van der Waals surface area contributed by atoms with Gasteiger partial charge >= 0.3 is 0 Å². The average Bonchev–Trinajstić information content (AvgIpc) is 3.28. The highest BCUT2D eigenvalue weighted by molar-refractivity contribution is 5.98. The van der Waals surface area contributed by atoms with Crippen LogP contribution in [0.5, 0.6) is 5.75 Å². The number of furan rings is 1. The van der Waals surface area contributed by atoms with Gasteiger partial charge in [0.2, 0.25) is 5.91 Å². The van der Waals surface area contributed by atoms with E-state index in [-0.39, 0.29) is 24.8 Å².